The van der Waals surface area contributed by atoms with E-state index in [9.17, 15) is 9.90 Å². The quantitative estimate of drug-likeness (QED) is 0.864. The highest BCUT2D eigenvalue weighted by Gasteiger charge is 2.62. The highest BCUT2D eigenvalue weighted by atomic mass is 16.5. The number of furan rings is 1. The van der Waals surface area contributed by atoms with Crippen molar-refractivity contribution in [2.45, 2.75) is 57.3 Å². The molecule has 0 unspecified atom stereocenters. The molecule has 25 heavy (non-hydrogen) atoms. The SMILES string of the molecule is CC(C)(C)c1oc(C(N)=O)cc1CN1C[C@H]2[C@@H](CO)[C@@H]3CC[C@@]2(C1)O3. The molecule has 4 rings (SSSR count). The second-order valence-corrected chi connectivity index (χ2v) is 8.96. The van der Waals surface area contributed by atoms with Crippen molar-refractivity contribution >= 4 is 5.91 Å². The van der Waals surface area contributed by atoms with Crippen LogP contribution in [0.5, 0.6) is 0 Å². The van der Waals surface area contributed by atoms with E-state index in [-0.39, 0.29) is 35.4 Å². The molecule has 4 heterocycles. The Morgan fingerprint density at radius 2 is 2.24 bits per heavy atom. The molecule has 3 fully saturated rings. The van der Waals surface area contributed by atoms with Gasteiger partial charge >= 0.3 is 0 Å². The maximum Gasteiger partial charge on any atom is 0.284 e. The molecular weight excluding hydrogens is 320 g/mol. The van der Waals surface area contributed by atoms with Crippen molar-refractivity contribution < 1.29 is 19.1 Å². The first kappa shape index (κ1) is 17.1. The van der Waals surface area contributed by atoms with E-state index in [0.29, 0.717) is 12.5 Å². The van der Waals surface area contributed by atoms with Crippen LogP contribution in [0, 0.1) is 11.8 Å². The lowest BCUT2D eigenvalue weighted by Gasteiger charge is -2.28. The maximum atomic E-state index is 11.5. The predicted octanol–water partition coefficient (Wildman–Crippen LogP) is 1.65. The number of nitrogens with zero attached hydrogens (tertiary/aromatic N) is 1. The minimum atomic E-state index is -0.532. The molecule has 3 aliphatic rings. The topological polar surface area (TPSA) is 88.9 Å². The van der Waals surface area contributed by atoms with Crippen LogP contribution in [0.4, 0.5) is 0 Å². The molecule has 3 saturated heterocycles. The average Bonchev–Trinajstić information content (AvgIpc) is 3.23. The predicted molar refractivity (Wildman–Crippen MR) is 92.1 cm³/mol. The number of carbonyl (C=O) groups is 1. The monoisotopic (exact) mass is 348 g/mol. The van der Waals surface area contributed by atoms with E-state index in [4.69, 9.17) is 14.9 Å². The summed E-state index contributed by atoms with van der Waals surface area (Å²) in [5, 5.41) is 9.76. The maximum absolute atomic E-state index is 11.5. The second kappa shape index (κ2) is 5.56. The van der Waals surface area contributed by atoms with Crippen molar-refractivity contribution in [2.75, 3.05) is 19.7 Å². The highest BCUT2D eigenvalue weighted by Crippen LogP contribution is 2.54. The number of aliphatic hydroxyl groups excluding tert-OH is 1. The average molecular weight is 348 g/mol. The molecule has 3 N–H and O–H groups in total. The second-order valence-electron chi connectivity index (χ2n) is 8.96. The summed E-state index contributed by atoms with van der Waals surface area (Å²) in [6.07, 6.45) is 2.37. The smallest absolute Gasteiger partial charge is 0.284 e. The zero-order chi connectivity index (χ0) is 18.0. The van der Waals surface area contributed by atoms with Gasteiger partial charge in [0.2, 0.25) is 0 Å². The van der Waals surface area contributed by atoms with Crippen molar-refractivity contribution in [1.82, 2.24) is 4.90 Å². The summed E-state index contributed by atoms with van der Waals surface area (Å²) < 4.78 is 12.1. The highest BCUT2D eigenvalue weighted by molar-refractivity contribution is 5.90. The van der Waals surface area contributed by atoms with Crippen molar-refractivity contribution in [3.05, 3.63) is 23.2 Å². The van der Waals surface area contributed by atoms with E-state index in [1.54, 1.807) is 6.07 Å². The molecule has 3 aliphatic heterocycles. The molecular formula is C19H28N2O4. The van der Waals surface area contributed by atoms with Crippen LogP contribution < -0.4 is 5.73 Å². The van der Waals surface area contributed by atoms with Gasteiger partial charge in [-0.25, -0.2) is 0 Å². The number of likely N-dealkylation sites (tertiary alicyclic amines) is 1. The largest absolute Gasteiger partial charge is 0.455 e. The van der Waals surface area contributed by atoms with E-state index < -0.39 is 5.91 Å². The summed E-state index contributed by atoms with van der Waals surface area (Å²) in [4.78, 5) is 13.9. The number of fused-ring (bicyclic) bond motifs is 1. The molecule has 6 nitrogen and oxygen atoms in total. The molecule has 4 atom stereocenters. The van der Waals surface area contributed by atoms with Gasteiger partial charge in [-0.05, 0) is 18.9 Å². The fourth-order valence-electron chi connectivity index (χ4n) is 5.19. The van der Waals surface area contributed by atoms with E-state index in [1.165, 1.54) is 0 Å². The Hall–Kier alpha value is -1.37. The van der Waals surface area contributed by atoms with E-state index in [1.807, 2.05) is 0 Å². The van der Waals surface area contributed by atoms with Gasteiger partial charge in [-0.3, -0.25) is 9.69 Å². The van der Waals surface area contributed by atoms with Gasteiger partial charge < -0.3 is 20.0 Å². The molecule has 138 valence electrons. The Morgan fingerprint density at radius 1 is 1.48 bits per heavy atom. The van der Waals surface area contributed by atoms with Gasteiger partial charge in [0.05, 0.1) is 11.7 Å². The summed E-state index contributed by atoms with van der Waals surface area (Å²) >= 11 is 0. The van der Waals surface area contributed by atoms with Gasteiger partial charge in [-0.1, -0.05) is 20.8 Å². The van der Waals surface area contributed by atoms with E-state index >= 15 is 0 Å². The number of rotatable bonds is 4. The summed E-state index contributed by atoms with van der Waals surface area (Å²) in [6, 6.07) is 1.79. The lowest BCUT2D eigenvalue weighted by atomic mass is 9.74. The Balaban J connectivity index is 1.57. The van der Waals surface area contributed by atoms with Gasteiger partial charge in [-0.2, -0.15) is 0 Å². The fraction of sp³-hybridized carbons (Fsp3) is 0.737. The number of primary amides is 1. The third-order valence-electron chi connectivity index (χ3n) is 6.19. The molecule has 1 aromatic heterocycles. The third-order valence-corrected chi connectivity index (χ3v) is 6.19. The van der Waals surface area contributed by atoms with Crippen LogP contribution in [-0.4, -0.2) is 47.3 Å². The summed E-state index contributed by atoms with van der Waals surface area (Å²) in [5.74, 6) is 1.17. The third kappa shape index (κ3) is 2.62. The molecule has 1 aromatic rings. The van der Waals surface area contributed by atoms with Crippen LogP contribution >= 0.6 is 0 Å². The van der Waals surface area contributed by atoms with Gasteiger partial charge in [0.15, 0.2) is 5.76 Å². The van der Waals surface area contributed by atoms with Crippen LogP contribution in [-0.2, 0) is 16.7 Å². The van der Waals surface area contributed by atoms with Crippen molar-refractivity contribution in [2.24, 2.45) is 17.6 Å². The van der Waals surface area contributed by atoms with Crippen LogP contribution in [0.1, 0.15) is 55.5 Å². The fourth-order valence-corrected chi connectivity index (χ4v) is 5.19. The lowest BCUT2D eigenvalue weighted by molar-refractivity contribution is 0.000320. The zero-order valence-corrected chi connectivity index (χ0v) is 15.2. The standard InChI is InChI=1S/C19H28N2O4/c1-18(2,3)16-11(6-15(24-16)17(20)23)7-21-8-13-12(9-22)14-4-5-19(13,10-21)25-14/h6,12-14,22H,4-5,7-10H2,1-3H3,(H2,20,23)/t12-,13+,14+,19+/m1/s1. The number of nitrogens with two attached hydrogens (primary N) is 1. The lowest BCUT2D eigenvalue weighted by Crippen LogP contribution is -2.37. The molecule has 1 spiro atoms. The number of ether oxygens (including phenoxy) is 1. The molecule has 0 saturated carbocycles. The molecule has 6 heteroatoms. The first-order chi connectivity index (χ1) is 11.7. The van der Waals surface area contributed by atoms with Gasteiger partial charge in [-0.15, -0.1) is 0 Å². The van der Waals surface area contributed by atoms with Crippen LogP contribution in [0.3, 0.4) is 0 Å². The van der Waals surface area contributed by atoms with Gasteiger partial charge in [0.1, 0.15) is 5.76 Å². The number of aliphatic hydroxyl groups is 1. The number of hydrogen-bond acceptors (Lipinski definition) is 5. The normalized spacial score (nSPS) is 34.6. The van der Waals surface area contributed by atoms with Crippen molar-refractivity contribution in [1.29, 1.82) is 0 Å². The summed E-state index contributed by atoms with van der Waals surface area (Å²) in [7, 11) is 0. The Morgan fingerprint density at radius 3 is 2.88 bits per heavy atom. The van der Waals surface area contributed by atoms with Crippen LogP contribution in [0.2, 0.25) is 0 Å². The molecule has 0 aromatic carbocycles. The first-order valence-corrected chi connectivity index (χ1v) is 9.17. The van der Waals surface area contributed by atoms with Crippen LogP contribution in [0.15, 0.2) is 10.5 Å². The van der Waals surface area contributed by atoms with Crippen molar-refractivity contribution in [3.8, 4) is 0 Å². The van der Waals surface area contributed by atoms with E-state index in [0.717, 1.165) is 37.3 Å². The minimum absolute atomic E-state index is 0.0871. The number of hydrogen-bond donors (Lipinski definition) is 2. The Kier molecular flexibility index (Phi) is 3.80. The Bertz CT molecular complexity index is 692. The zero-order valence-electron chi connectivity index (χ0n) is 15.2. The number of carbonyl (C=O) groups excluding carboxylic acids is 1. The minimum Gasteiger partial charge on any atom is -0.455 e. The van der Waals surface area contributed by atoms with Gasteiger partial charge in [0, 0.05) is 49.1 Å². The van der Waals surface area contributed by atoms with Gasteiger partial charge in [0.25, 0.3) is 5.91 Å². The molecule has 0 radical (unpaired) electrons. The first-order valence-electron chi connectivity index (χ1n) is 9.17. The van der Waals surface area contributed by atoms with Crippen LogP contribution in [0.25, 0.3) is 0 Å². The molecule has 1 amide bonds. The summed E-state index contributed by atoms with van der Waals surface area (Å²) in [6.45, 7) is 8.94. The molecule has 2 bridgehead atoms. The van der Waals surface area contributed by atoms with E-state index in [2.05, 4.69) is 25.7 Å². The molecule has 0 aliphatic carbocycles. The van der Waals surface area contributed by atoms with Crippen molar-refractivity contribution in [3.63, 3.8) is 0 Å². The summed E-state index contributed by atoms with van der Waals surface area (Å²) in [5.41, 5.74) is 6.15. The number of amides is 1. The Labute approximate surface area is 148 Å².